The molecule has 0 aliphatic rings. The van der Waals surface area contributed by atoms with E-state index in [1.54, 1.807) is 0 Å². The van der Waals surface area contributed by atoms with Gasteiger partial charge in [0.1, 0.15) is 0 Å². The van der Waals surface area contributed by atoms with Crippen molar-refractivity contribution in [2.24, 2.45) is 0 Å². The highest BCUT2D eigenvalue weighted by Gasteiger charge is 2.19. The summed E-state index contributed by atoms with van der Waals surface area (Å²) < 4.78 is 0. The second-order valence-corrected chi connectivity index (χ2v) is 21.9. The Morgan fingerprint density at radius 2 is 0.378 bits per heavy atom. The summed E-state index contributed by atoms with van der Waals surface area (Å²) in [4.78, 5) is 9.04. The number of hydrogen-bond donors (Lipinski definition) is 0. The third kappa shape index (κ3) is 11.8. The molecule has 0 aromatic heterocycles. The molecule has 7 heteroatoms. The Labute approximate surface area is 496 Å². The van der Waals surface area contributed by atoms with Gasteiger partial charge >= 0.3 is 0 Å². The fourth-order valence-electron chi connectivity index (χ4n) is 10.7. The molecule has 398 valence electrons. The SMILES string of the molecule is Cc1ccc(N(c2ccc(-c3ccc(N(c4ccc(-c5ccc(N(c6ccc(-c7ccc(N(c8cccc(C)c8)c8cccc(C)c8)cc7)cc6)c6cccc(Cl)c6)cc5)cc4)c4cccc(Cl)c4)cc3)cc2)c2cccc(Cl)c2)cc1. The molecule has 0 saturated carbocycles. The number of rotatable bonds is 15. The number of anilines is 12. The Morgan fingerprint density at radius 3 is 0.598 bits per heavy atom. The Morgan fingerprint density at radius 1 is 0.183 bits per heavy atom. The average molecular weight is 1120 g/mol. The van der Waals surface area contributed by atoms with Crippen LogP contribution in [0.25, 0.3) is 33.4 Å². The minimum Gasteiger partial charge on any atom is -0.310 e. The van der Waals surface area contributed by atoms with E-state index in [-0.39, 0.29) is 0 Å². The van der Waals surface area contributed by atoms with Crippen molar-refractivity contribution in [1.29, 1.82) is 0 Å². The predicted molar refractivity (Wildman–Crippen MR) is 351 cm³/mol. The van der Waals surface area contributed by atoms with Crippen LogP contribution in [-0.2, 0) is 0 Å². The lowest BCUT2D eigenvalue weighted by atomic mass is 10.0. The molecular formula is C75H57Cl3N4. The summed E-state index contributed by atoms with van der Waals surface area (Å²) in [6, 6.07) is 102. The van der Waals surface area contributed by atoms with E-state index >= 15 is 0 Å². The van der Waals surface area contributed by atoms with Gasteiger partial charge in [0.2, 0.25) is 0 Å². The van der Waals surface area contributed by atoms with Crippen molar-refractivity contribution >= 4 is 103 Å². The lowest BCUT2D eigenvalue weighted by Gasteiger charge is -2.27. The summed E-state index contributed by atoms with van der Waals surface area (Å²) >= 11 is 19.8. The van der Waals surface area contributed by atoms with Gasteiger partial charge in [-0.25, -0.2) is 0 Å². The molecule has 12 aromatic carbocycles. The normalized spacial score (nSPS) is 11.0. The topological polar surface area (TPSA) is 13.0 Å². The molecule has 0 spiro atoms. The van der Waals surface area contributed by atoms with Gasteiger partial charge in [0.05, 0.1) is 0 Å². The molecule has 4 nitrogen and oxygen atoms in total. The highest BCUT2D eigenvalue weighted by atomic mass is 35.5. The van der Waals surface area contributed by atoms with E-state index in [0.717, 1.165) is 102 Å². The maximum Gasteiger partial charge on any atom is 0.0476 e. The molecule has 0 bridgehead atoms. The van der Waals surface area contributed by atoms with Crippen LogP contribution < -0.4 is 19.6 Å². The predicted octanol–water partition coefficient (Wildman–Crippen LogP) is 23.5. The van der Waals surface area contributed by atoms with Crippen molar-refractivity contribution in [1.82, 2.24) is 0 Å². The number of hydrogen-bond acceptors (Lipinski definition) is 4. The standard InChI is InChI=1S/C75H57Cl3N4/c1-52-19-33-64(34-20-52)79(73-16-6-11-61(76)49-73)65-35-21-55(22-36-65)56-23-37-66(38-24-56)80(74-17-7-12-62(77)50-74)67-39-25-57(26-40-67)58-27-41-68(42-28-58)81(75-18-8-13-63(78)51-75)69-43-29-59(30-44-69)60-31-45-70(46-32-60)82(71-14-4-9-53(2)47-71)72-15-5-10-54(3)48-72/h4-51H,1-3H3. The van der Waals surface area contributed by atoms with Gasteiger partial charge in [-0.05, 0) is 229 Å². The van der Waals surface area contributed by atoms with Crippen LogP contribution >= 0.6 is 34.8 Å². The van der Waals surface area contributed by atoms with Crippen molar-refractivity contribution in [2.75, 3.05) is 19.6 Å². The molecule has 0 unspecified atom stereocenters. The van der Waals surface area contributed by atoms with Crippen molar-refractivity contribution in [3.63, 3.8) is 0 Å². The van der Waals surface area contributed by atoms with Gasteiger partial charge in [0.15, 0.2) is 0 Å². The summed E-state index contributed by atoms with van der Waals surface area (Å²) in [6.45, 7) is 6.38. The monoisotopic (exact) mass is 1120 g/mol. The van der Waals surface area contributed by atoms with E-state index < -0.39 is 0 Å². The third-order valence-corrected chi connectivity index (χ3v) is 15.5. The lowest BCUT2D eigenvalue weighted by Crippen LogP contribution is -2.10. The quantitative estimate of drug-likeness (QED) is 0.101. The van der Waals surface area contributed by atoms with E-state index in [2.05, 4.69) is 277 Å². The van der Waals surface area contributed by atoms with E-state index in [9.17, 15) is 0 Å². The van der Waals surface area contributed by atoms with E-state index in [0.29, 0.717) is 15.1 Å². The molecule has 0 fully saturated rings. The van der Waals surface area contributed by atoms with E-state index in [1.165, 1.54) is 16.7 Å². The number of halogens is 3. The van der Waals surface area contributed by atoms with Gasteiger partial charge in [-0.2, -0.15) is 0 Å². The zero-order valence-electron chi connectivity index (χ0n) is 45.6. The molecule has 12 rings (SSSR count). The van der Waals surface area contributed by atoms with Gasteiger partial charge in [-0.3, -0.25) is 0 Å². The first kappa shape index (κ1) is 53.4. The first-order valence-corrected chi connectivity index (χ1v) is 28.5. The molecule has 0 aliphatic heterocycles. The second-order valence-electron chi connectivity index (χ2n) is 20.6. The zero-order valence-corrected chi connectivity index (χ0v) is 47.9. The fourth-order valence-corrected chi connectivity index (χ4v) is 11.2. The average Bonchev–Trinajstić information content (AvgIpc) is 3.57. The lowest BCUT2D eigenvalue weighted by molar-refractivity contribution is 1.26. The summed E-state index contributed by atoms with van der Waals surface area (Å²) in [5, 5.41) is 2.03. The minimum absolute atomic E-state index is 0.668. The minimum atomic E-state index is 0.668. The first-order chi connectivity index (χ1) is 40.1. The van der Waals surface area contributed by atoms with Crippen LogP contribution in [0.15, 0.2) is 291 Å². The largest absolute Gasteiger partial charge is 0.310 e. The van der Waals surface area contributed by atoms with Crippen molar-refractivity contribution in [3.8, 4) is 33.4 Å². The second kappa shape index (κ2) is 23.8. The van der Waals surface area contributed by atoms with Crippen LogP contribution in [0.5, 0.6) is 0 Å². The van der Waals surface area contributed by atoms with Crippen molar-refractivity contribution in [3.05, 3.63) is 323 Å². The maximum atomic E-state index is 6.66. The molecule has 0 aliphatic carbocycles. The van der Waals surface area contributed by atoms with Gasteiger partial charge in [0, 0.05) is 83.3 Å². The Kier molecular flexibility index (Phi) is 15.5. The molecule has 0 heterocycles. The molecular weight excluding hydrogens is 1060 g/mol. The molecule has 12 aromatic rings. The molecule has 0 atom stereocenters. The fraction of sp³-hybridized carbons (Fsp3) is 0.0400. The first-order valence-electron chi connectivity index (χ1n) is 27.4. The van der Waals surface area contributed by atoms with Crippen LogP contribution in [0.3, 0.4) is 0 Å². The van der Waals surface area contributed by atoms with Crippen LogP contribution in [0.2, 0.25) is 15.1 Å². The smallest absolute Gasteiger partial charge is 0.0476 e. The van der Waals surface area contributed by atoms with Gasteiger partial charge in [0.25, 0.3) is 0 Å². The molecule has 82 heavy (non-hydrogen) atoms. The molecule has 0 amide bonds. The highest BCUT2D eigenvalue weighted by Crippen LogP contribution is 2.43. The van der Waals surface area contributed by atoms with Crippen LogP contribution in [0.4, 0.5) is 68.2 Å². The summed E-state index contributed by atoms with van der Waals surface area (Å²) in [5.74, 6) is 0. The van der Waals surface area contributed by atoms with Crippen LogP contribution in [-0.4, -0.2) is 0 Å². The summed E-state index contributed by atoms with van der Waals surface area (Å²) in [5.41, 5.74) is 22.8. The Bertz CT molecular complexity index is 4100. The highest BCUT2D eigenvalue weighted by molar-refractivity contribution is 6.31. The Hall–Kier alpha value is -9.29. The van der Waals surface area contributed by atoms with Crippen LogP contribution in [0.1, 0.15) is 16.7 Å². The number of aryl methyl sites for hydroxylation is 3. The molecule has 0 N–H and O–H groups in total. The van der Waals surface area contributed by atoms with Gasteiger partial charge in [-0.15, -0.1) is 0 Å². The number of nitrogens with zero attached hydrogens (tertiary/aromatic N) is 4. The Balaban J connectivity index is 0.787. The molecule has 0 saturated heterocycles. The maximum absolute atomic E-state index is 6.66. The van der Waals surface area contributed by atoms with E-state index in [4.69, 9.17) is 34.8 Å². The van der Waals surface area contributed by atoms with Gasteiger partial charge < -0.3 is 19.6 Å². The van der Waals surface area contributed by atoms with Crippen molar-refractivity contribution in [2.45, 2.75) is 20.8 Å². The van der Waals surface area contributed by atoms with Gasteiger partial charge in [-0.1, -0.05) is 168 Å². The number of benzene rings is 12. The third-order valence-electron chi connectivity index (χ3n) is 14.8. The van der Waals surface area contributed by atoms with E-state index in [1.807, 2.05) is 54.6 Å². The summed E-state index contributed by atoms with van der Waals surface area (Å²) in [7, 11) is 0. The van der Waals surface area contributed by atoms with Crippen molar-refractivity contribution < 1.29 is 0 Å². The molecule has 0 radical (unpaired) electrons. The van der Waals surface area contributed by atoms with Crippen LogP contribution in [0, 0.1) is 20.8 Å². The summed E-state index contributed by atoms with van der Waals surface area (Å²) in [6.07, 6.45) is 0. The zero-order chi connectivity index (χ0) is 56.1.